The summed E-state index contributed by atoms with van der Waals surface area (Å²) in [5, 5.41) is 18.9. The molecule has 3 aromatic carbocycles. The molecule has 0 aliphatic heterocycles. The molecule has 1 unspecified atom stereocenters. The molecule has 0 N–H and O–H groups in total. The molecule has 6 nitrogen and oxygen atoms in total. The summed E-state index contributed by atoms with van der Waals surface area (Å²) in [5.41, 5.74) is 4.19. The van der Waals surface area contributed by atoms with Crippen LogP contribution >= 0.6 is 23.4 Å². The molecule has 0 fully saturated rings. The highest BCUT2D eigenvalue weighted by Gasteiger charge is 2.22. The van der Waals surface area contributed by atoms with E-state index in [-0.39, 0.29) is 5.25 Å². The first-order valence-electron chi connectivity index (χ1n) is 10.9. The standard InChI is InChI=1S/C26H22ClN5OS/c1-17-8-10-20(11-9-17)25-30-29-24(33-25)18(2)34-26-31-28-23(16-19-6-4-3-5-7-19)32(26)22-14-12-21(27)13-15-22/h3-15,18H,16H2,1-2H3. The monoisotopic (exact) mass is 487 g/mol. The molecule has 0 aliphatic rings. The lowest BCUT2D eigenvalue weighted by atomic mass is 10.1. The SMILES string of the molecule is Cc1ccc(-c2nnc(C(C)Sc3nnc(Cc4ccccc4)n3-c3ccc(Cl)cc3)o2)cc1. The maximum atomic E-state index is 6.13. The van der Waals surface area contributed by atoms with Gasteiger partial charge in [0, 0.05) is 22.7 Å². The molecule has 0 saturated heterocycles. The van der Waals surface area contributed by atoms with Gasteiger partial charge in [0.05, 0.1) is 5.25 Å². The first-order valence-corrected chi connectivity index (χ1v) is 12.1. The van der Waals surface area contributed by atoms with Gasteiger partial charge in [0.2, 0.25) is 11.8 Å². The van der Waals surface area contributed by atoms with E-state index in [4.69, 9.17) is 16.0 Å². The van der Waals surface area contributed by atoms with Crippen molar-refractivity contribution in [1.82, 2.24) is 25.0 Å². The summed E-state index contributed by atoms with van der Waals surface area (Å²) < 4.78 is 8.05. The summed E-state index contributed by atoms with van der Waals surface area (Å²) in [7, 11) is 0. The molecule has 0 aliphatic carbocycles. The molecule has 0 radical (unpaired) electrons. The summed E-state index contributed by atoms with van der Waals surface area (Å²) in [6, 6.07) is 25.9. The van der Waals surface area contributed by atoms with Crippen molar-refractivity contribution in [3.05, 3.63) is 107 Å². The van der Waals surface area contributed by atoms with Crippen LogP contribution in [-0.4, -0.2) is 25.0 Å². The fourth-order valence-electron chi connectivity index (χ4n) is 3.54. The number of halogens is 1. The highest BCUT2D eigenvalue weighted by molar-refractivity contribution is 7.99. The Hall–Kier alpha value is -3.42. The average molecular weight is 488 g/mol. The normalized spacial score (nSPS) is 12.1. The predicted octanol–water partition coefficient (Wildman–Crippen LogP) is 6.72. The Labute approximate surface area is 207 Å². The second-order valence-electron chi connectivity index (χ2n) is 7.94. The van der Waals surface area contributed by atoms with Gasteiger partial charge < -0.3 is 4.42 Å². The van der Waals surface area contributed by atoms with Gasteiger partial charge in [0.15, 0.2) is 5.16 Å². The highest BCUT2D eigenvalue weighted by Crippen LogP contribution is 2.36. The number of hydrogen-bond donors (Lipinski definition) is 0. The Balaban J connectivity index is 1.44. The van der Waals surface area contributed by atoms with Crippen molar-refractivity contribution < 1.29 is 4.42 Å². The van der Waals surface area contributed by atoms with Crippen LogP contribution in [0.2, 0.25) is 5.02 Å². The van der Waals surface area contributed by atoms with Crippen molar-refractivity contribution >= 4 is 23.4 Å². The number of hydrogen-bond acceptors (Lipinski definition) is 6. The largest absolute Gasteiger partial charge is 0.419 e. The van der Waals surface area contributed by atoms with Gasteiger partial charge in [-0.15, -0.1) is 20.4 Å². The highest BCUT2D eigenvalue weighted by atomic mass is 35.5. The number of aryl methyl sites for hydroxylation is 1. The Kier molecular flexibility index (Phi) is 6.47. The number of rotatable bonds is 7. The Morgan fingerprint density at radius 1 is 0.882 bits per heavy atom. The lowest BCUT2D eigenvalue weighted by Gasteiger charge is -2.12. The molecule has 2 heterocycles. The van der Waals surface area contributed by atoms with Crippen LogP contribution in [0.5, 0.6) is 0 Å². The fraction of sp³-hybridized carbons (Fsp3) is 0.154. The molecule has 2 aromatic heterocycles. The number of aromatic nitrogens is 5. The molecule has 8 heteroatoms. The number of benzene rings is 3. The van der Waals surface area contributed by atoms with Crippen molar-refractivity contribution in [2.45, 2.75) is 30.7 Å². The minimum atomic E-state index is -0.119. The lowest BCUT2D eigenvalue weighted by Crippen LogP contribution is -2.04. The van der Waals surface area contributed by atoms with E-state index in [1.165, 1.54) is 17.3 Å². The van der Waals surface area contributed by atoms with Crippen LogP contribution in [0.3, 0.4) is 0 Å². The third kappa shape index (κ3) is 4.90. The van der Waals surface area contributed by atoms with E-state index in [0.29, 0.717) is 23.2 Å². The van der Waals surface area contributed by atoms with E-state index < -0.39 is 0 Å². The molecule has 1 atom stereocenters. The van der Waals surface area contributed by atoms with Gasteiger partial charge in [-0.3, -0.25) is 4.57 Å². The number of thioether (sulfide) groups is 1. The Morgan fingerprint density at radius 2 is 1.62 bits per heavy atom. The van der Waals surface area contributed by atoms with Gasteiger partial charge in [-0.2, -0.15) is 0 Å². The summed E-state index contributed by atoms with van der Waals surface area (Å²) in [4.78, 5) is 0. The van der Waals surface area contributed by atoms with Crippen molar-refractivity contribution in [1.29, 1.82) is 0 Å². The molecule has 5 rings (SSSR count). The van der Waals surface area contributed by atoms with E-state index >= 15 is 0 Å². The average Bonchev–Trinajstić information content (AvgIpc) is 3.49. The van der Waals surface area contributed by atoms with E-state index in [1.54, 1.807) is 0 Å². The van der Waals surface area contributed by atoms with Gasteiger partial charge in [0.1, 0.15) is 5.82 Å². The third-order valence-corrected chi connectivity index (χ3v) is 6.64. The van der Waals surface area contributed by atoms with Crippen molar-refractivity contribution in [2.24, 2.45) is 0 Å². The van der Waals surface area contributed by atoms with E-state index in [2.05, 4.69) is 37.1 Å². The fourth-order valence-corrected chi connectivity index (χ4v) is 4.58. The van der Waals surface area contributed by atoms with Crippen molar-refractivity contribution in [2.75, 3.05) is 0 Å². The smallest absolute Gasteiger partial charge is 0.247 e. The zero-order valence-corrected chi connectivity index (χ0v) is 20.3. The molecular weight excluding hydrogens is 466 g/mol. The summed E-state index contributed by atoms with van der Waals surface area (Å²) in [5.74, 6) is 1.89. The molecule has 0 bridgehead atoms. The predicted molar refractivity (Wildman–Crippen MR) is 134 cm³/mol. The van der Waals surface area contributed by atoms with Crippen LogP contribution in [0.25, 0.3) is 17.1 Å². The van der Waals surface area contributed by atoms with E-state index in [9.17, 15) is 0 Å². The van der Waals surface area contributed by atoms with Gasteiger partial charge in [0.25, 0.3) is 0 Å². The van der Waals surface area contributed by atoms with Crippen LogP contribution < -0.4 is 0 Å². The maximum absolute atomic E-state index is 6.13. The van der Waals surface area contributed by atoms with Crippen molar-refractivity contribution in [3.63, 3.8) is 0 Å². The molecule has 0 amide bonds. The topological polar surface area (TPSA) is 69.6 Å². The molecule has 0 spiro atoms. The maximum Gasteiger partial charge on any atom is 0.247 e. The van der Waals surface area contributed by atoms with Crippen LogP contribution in [0.15, 0.2) is 88.4 Å². The van der Waals surface area contributed by atoms with E-state index in [0.717, 1.165) is 27.8 Å². The second kappa shape index (κ2) is 9.83. The van der Waals surface area contributed by atoms with Crippen LogP contribution in [-0.2, 0) is 6.42 Å². The zero-order valence-electron chi connectivity index (χ0n) is 18.7. The molecule has 34 heavy (non-hydrogen) atoms. The quantitative estimate of drug-likeness (QED) is 0.237. The second-order valence-corrected chi connectivity index (χ2v) is 9.69. The minimum absolute atomic E-state index is 0.119. The Morgan fingerprint density at radius 3 is 2.35 bits per heavy atom. The first-order chi connectivity index (χ1) is 16.6. The van der Waals surface area contributed by atoms with Gasteiger partial charge in [-0.25, -0.2) is 0 Å². The number of nitrogens with zero attached hydrogens (tertiary/aromatic N) is 5. The van der Waals surface area contributed by atoms with Gasteiger partial charge in [-0.05, 0) is 55.8 Å². The third-order valence-electron chi connectivity index (χ3n) is 5.36. The molecular formula is C26H22ClN5OS. The zero-order chi connectivity index (χ0) is 23.5. The molecule has 5 aromatic rings. The summed E-state index contributed by atoms with van der Waals surface area (Å²) >= 11 is 7.66. The van der Waals surface area contributed by atoms with Gasteiger partial charge >= 0.3 is 0 Å². The minimum Gasteiger partial charge on any atom is -0.419 e. The van der Waals surface area contributed by atoms with Crippen LogP contribution in [0.1, 0.15) is 35.0 Å². The van der Waals surface area contributed by atoms with Gasteiger partial charge in [-0.1, -0.05) is 71.4 Å². The summed E-state index contributed by atoms with van der Waals surface area (Å²) in [6.45, 7) is 4.07. The molecule has 0 saturated carbocycles. The van der Waals surface area contributed by atoms with Crippen LogP contribution in [0.4, 0.5) is 0 Å². The summed E-state index contributed by atoms with van der Waals surface area (Å²) in [6.07, 6.45) is 0.656. The first kappa shape index (κ1) is 22.4. The molecule has 170 valence electrons. The lowest BCUT2D eigenvalue weighted by molar-refractivity contribution is 0.509. The van der Waals surface area contributed by atoms with Crippen LogP contribution in [0, 0.1) is 6.92 Å². The van der Waals surface area contributed by atoms with E-state index in [1.807, 2.05) is 80.6 Å². The van der Waals surface area contributed by atoms with Crippen molar-refractivity contribution in [3.8, 4) is 17.1 Å². The Bertz CT molecular complexity index is 1380.